The van der Waals surface area contributed by atoms with Crippen molar-refractivity contribution in [2.24, 2.45) is 0 Å². The van der Waals surface area contributed by atoms with Gasteiger partial charge in [0.1, 0.15) is 18.8 Å². The number of nitrogens with one attached hydrogen (secondary N) is 1. The van der Waals surface area contributed by atoms with E-state index in [9.17, 15) is 4.79 Å². The molecule has 0 aliphatic carbocycles. The predicted molar refractivity (Wildman–Crippen MR) is 170 cm³/mol. The summed E-state index contributed by atoms with van der Waals surface area (Å²) in [6, 6.07) is 30.4. The second kappa shape index (κ2) is 14.0. The molecule has 9 heteroatoms. The number of alkyl halides is 2. The molecule has 1 atom stereocenters. The number of anilines is 1. The van der Waals surface area contributed by atoms with Gasteiger partial charge in [0.05, 0.1) is 12.5 Å². The quantitative estimate of drug-likeness (QED) is 0.194. The highest BCUT2D eigenvalue weighted by Gasteiger charge is 2.47. The number of pyridine rings is 1. The summed E-state index contributed by atoms with van der Waals surface area (Å²) in [6.07, 6.45) is -0.590. The standard InChI is InChI=1S/C36H39F2N3O4/c1-35(2,3)45-34(42)41-20-19-31(36(37,38)25-41)28-15-10-16-30(21-28)39-22-29-17-18-32(43-23-26-11-6-4-7-12-26)40-33(29)44-24-27-13-8-5-9-14-27/h4-18,21,31,39H,19-20,22-25H2,1-3H3. The van der Waals surface area contributed by atoms with Gasteiger partial charge in [-0.3, -0.25) is 0 Å². The summed E-state index contributed by atoms with van der Waals surface area (Å²) < 4.78 is 48.1. The highest BCUT2D eigenvalue weighted by molar-refractivity contribution is 5.68. The monoisotopic (exact) mass is 615 g/mol. The highest BCUT2D eigenvalue weighted by atomic mass is 19.3. The first-order chi connectivity index (χ1) is 21.6. The van der Waals surface area contributed by atoms with Crippen LogP contribution in [-0.4, -0.2) is 40.6 Å². The molecule has 5 rings (SSSR count). The Kier molecular flexibility index (Phi) is 9.86. The number of likely N-dealkylation sites (tertiary alicyclic amines) is 1. The van der Waals surface area contributed by atoms with Gasteiger partial charge >= 0.3 is 6.09 Å². The zero-order chi connectivity index (χ0) is 31.9. The molecule has 1 N–H and O–H groups in total. The van der Waals surface area contributed by atoms with E-state index in [1.807, 2.05) is 72.8 Å². The van der Waals surface area contributed by atoms with Crippen LogP contribution in [0.15, 0.2) is 97.1 Å². The lowest BCUT2D eigenvalue weighted by Crippen LogP contribution is -2.50. The number of aromatic nitrogens is 1. The van der Waals surface area contributed by atoms with E-state index >= 15 is 8.78 Å². The fourth-order valence-corrected chi connectivity index (χ4v) is 5.14. The predicted octanol–water partition coefficient (Wildman–Crippen LogP) is 8.21. The Labute approximate surface area is 263 Å². The second-order valence-electron chi connectivity index (χ2n) is 12.1. The molecule has 1 saturated heterocycles. The van der Waals surface area contributed by atoms with Gasteiger partial charge in [0.2, 0.25) is 11.8 Å². The molecular formula is C36H39F2N3O4. The van der Waals surface area contributed by atoms with Crippen molar-refractivity contribution in [1.82, 2.24) is 9.88 Å². The highest BCUT2D eigenvalue weighted by Crippen LogP contribution is 2.41. The van der Waals surface area contributed by atoms with Crippen molar-refractivity contribution in [3.8, 4) is 11.8 Å². The first kappa shape index (κ1) is 31.8. The molecule has 1 aliphatic heterocycles. The van der Waals surface area contributed by atoms with Crippen molar-refractivity contribution >= 4 is 11.8 Å². The first-order valence-electron chi connectivity index (χ1n) is 15.1. The van der Waals surface area contributed by atoms with Crippen molar-refractivity contribution in [1.29, 1.82) is 0 Å². The van der Waals surface area contributed by atoms with Crippen LogP contribution < -0.4 is 14.8 Å². The molecule has 4 aromatic rings. The fourth-order valence-electron chi connectivity index (χ4n) is 5.14. The topological polar surface area (TPSA) is 72.9 Å². The molecule has 1 unspecified atom stereocenters. The maximum absolute atomic E-state index is 15.4. The van der Waals surface area contributed by atoms with Gasteiger partial charge in [-0.2, -0.15) is 4.98 Å². The van der Waals surface area contributed by atoms with Crippen LogP contribution in [0, 0.1) is 0 Å². The van der Waals surface area contributed by atoms with E-state index in [2.05, 4.69) is 10.3 Å². The van der Waals surface area contributed by atoms with Crippen LogP contribution in [-0.2, 0) is 24.5 Å². The molecule has 2 heterocycles. The summed E-state index contributed by atoms with van der Waals surface area (Å²) in [4.78, 5) is 18.2. The van der Waals surface area contributed by atoms with Crippen molar-refractivity contribution in [2.75, 3.05) is 18.4 Å². The van der Waals surface area contributed by atoms with Gasteiger partial charge in [0.25, 0.3) is 5.92 Å². The van der Waals surface area contributed by atoms with E-state index < -0.39 is 30.1 Å². The number of halogens is 2. The molecule has 7 nitrogen and oxygen atoms in total. The third kappa shape index (κ3) is 8.94. The Balaban J connectivity index is 1.27. The minimum Gasteiger partial charge on any atom is -0.473 e. The van der Waals surface area contributed by atoms with Gasteiger partial charge in [-0.1, -0.05) is 72.8 Å². The molecular weight excluding hydrogens is 576 g/mol. The number of hydrogen-bond acceptors (Lipinski definition) is 6. The summed E-state index contributed by atoms with van der Waals surface area (Å²) in [7, 11) is 0. The zero-order valence-electron chi connectivity index (χ0n) is 25.8. The average molecular weight is 616 g/mol. The molecule has 0 bridgehead atoms. The van der Waals surface area contributed by atoms with E-state index in [1.165, 1.54) is 0 Å². The van der Waals surface area contributed by atoms with Crippen LogP contribution in [0.2, 0.25) is 0 Å². The van der Waals surface area contributed by atoms with Crippen LogP contribution in [0.1, 0.15) is 55.4 Å². The van der Waals surface area contributed by atoms with Crippen molar-refractivity contribution < 1.29 is 27.8 Å². The van der Waals surface area contributed by atoms with Crippen LogP contribution in [0.4, 0.5) is 19.3 Å². The third-order valence-electron chi connectivity index (χ3n) is 7.38. The maximum atomic E-state index is 15.4. The molecule has 1 aliphatic rings. The zero-order valence-corrected chi connectivity index (χ0v) is 25.8. The normalized spacial score (nSPS) is 16.1. The molecule has 3 aromatic carbocycles. The lowest BCUT2D eigenvalue weighted by molar-refractivity contribution is -0.0848. The van der Waals surface area contributed by atoms with E-state index in [-0.39, 0.29) is 13.0 Å². The molecule has 236 valence electrons. The lowest BCUT2D eigenvalue weighted by atomic mass is 9.86. The van der Waals surface area contributed by atoms with E-state index in [1.54, 1.807) is 45.0 Å². The third-order valence-corrected chi connectivity index (χ3v) is 7.38. The Morgan fingerprint density at radius 1 is 0.911 bits per heavy atom. The summed E-state index contributed by atoms with van der Waals surface area (Å²) in [5.74, 6) is -3.27. The van der Waals surface area contributed by atoms with Crippen molar-refractivity contribution in [2.45, 2.75) is 64.4 Å². The van der Waals surface area contributed by atoms with Gasteiger partial charge in [-0.25, -0.2) is 13.6 Å². The number of carbonyl (C=O) groups is 1. The van der Waals surface area contributed by atoms with Gasteiger partial charge in [0, 0.05) is 30.4 Å². The Bertz CT molecular complexity index is 1560. The minimum absolute atomic E-state index is 0.127. The number of carbonyl (C=O) groups excluding carboxylic acids is 1. The van der Waals surface area contributed by atoms with Crippen LogP contribution in [0.3, 0.4) is 0 Å². The SMILES string of the molecule is CC(C)(C)OC(=O)N1CCC(c2cccc(NCc3ccc(OCc4ccccc4)nc3OCc3ccccc3)c2)C(F)(F)C1. The van der Waals surface area contributed by atoms with Crippen LogP contribution >= 0.6 is 0 Å². The van der Waals surface area contributed by atoms with Gasteiger partial charge in [-0.05, 0) is 62.1 Å². The average Bonchev–Trinajstić information content (AvgIpc) is 3.02. The lowest BCUT2D eigenvalue weighted by Gasteiger charge is -2.39. The number of hydrogen-bond donors (Lipinski definition) is 1. The summed E-state index contributed by atoms with van der Waals surface area (Å²) in [6.45, 7) is 5.72. The number of piperidine rings is 1. The summed E-state index contributed by atoms with van der Waals surface area (Å²) in [5, 5.41) is 3.35. The number of ether oxygens (including phenoxy) is 3. The molecule has 0 saturated carbocycles. The van der Waals surface area contributed by atoms with Crippen LogP contribution in [0.25, 0.3) is 0 Å². The van der Waals surface area contributed by atoms with Gasteiger partial charge in [-0.15, -0.1) is 0 Å². The first-order valence-corrected chi connectivity index (χ1v) is 15.1. The summed E-state index contributed by atoms with van der Waals surface area (Å²) in [5.41, 5.74) is 3.27. The van der Waals surface area contributed by atoms with Crippen LogP contribution in [0.5, 0.6) is 11.8 Å². The van der Waals surface area contributed by atoms with Crippen molar-refractivity contribution in [3.05, 3.63) is 119 Å². The number of amides is 1. The van der Waals surface area contributed by atoms with Crippen molar-refractivity contribution in [3.63, 3.8) is 0 Å². The smallest absolute Gasteiger partial charge is 0.410 e. The Morgan fingerprint density at radius 3 is 2.22 bits per heavy atom. The molecule has 0 radical (unpaired) electrons. The largest absolute Gasteiger partial charge is 0.473 e. The van der Waals surface area contributed by atoms with E-state index in [0.29, 0.717) is 42.8 Å². The van der Waals surface area contributed by atoms with Gasteiger partial charge < -0.3 is 24.4 Å². The minimum atomic E-state index is -3.11. The van der Waals surface area contributed by atoms with Gasteiger partial charge in [0.15, 0.2) is 0 Å². The second-order valence-corrected chi connectivity index (χ2v) is 12.1. The molecule has 1 aromatic heterocycles. The fraction of sp³-hybridized carbons (Fsp3) is 0.333. The Hall–Kier alpha value is -4.66. The number of nitrogens with zero attached hydrogens (tertiary/aromatic N) is 2. The van der Waals surface area contributed by atoms with E-state index in [4.69, 9.17) is 14.2 Å². The number of rotatable bonds is 10. The number of benzene rings is 3. The molecule has 1 amide bonds. The summed E-state index contributed by atoms with van der Waals surface area (Å²) >= 11 is 0. The Morgan fingerprint density at radius 2 is 1.58 bits per heavy atom. The molecule has 0 spiro atoms. The molecule has 1 fully saturated rings. The maximum Gasteiger partial charge on any atom is 0.410 e. The molecule has 45 heavy (non-hydrogen) atoms. The van der Waals surface area contributed by atoms with E-state index in [0.717, 1.165) is 21.6 Å².